The summed E-state index contributed by atoms with van der Waals surface area (Å²) in [6, 6.07) is 0. The van der Waals surface area contributed by atoms with Gasteiger partial charge in [0.2, 0.25) is 11.1 Å². The van der Waals surface area contributed by atoms with E-state index in [1.165, 1.54) is 0 Å². The van der Waals surface area contributed by atoms with Gasteiger partial charge in [0.1, 0.15) is 5.69 Å². The summed E-state index contributed by atoms with van der Waals surface area (Å²) < 4.78 is 0. The lowest BCUT2D eigenvalue weighted by Crippen LogP contribution is -2.39. The van der Waals surface area contributed by atoms with Crippen LogP contribution in [0, 0.1) is 17.0 Å². The summed E-state index contributed by atoms with van der Waals surface area (Å²) in [6.45, 7) is 6.43. The molecule has 0 bridgehead atoms. The number of halogens is 1. The van der Waals surface area contributed by atoms with E-state index in [0.717, 1.165) is 19.4 Å². The van der Waals surface area contributed by atoms with Crippen molar-refractivity contribution in [2.75, 3.05) is 11.4 Å². The van der Waals surface area contributed by atoms with Crippen LogP contribution in [0.1, 0.15) is 32.4 Å². The summed E-state index contributed by atoms with van der Waals surface area (Å²) >= 11 is 5.83. The molecule has 18 heavy (non-hydrogen) atoms. The van der Waals surface area contributed by atoms with E-state index in [0.29, 0.717) is 11.5 Å². The summed E-state index contributed by atoms with van der Waals surface area (Å²) in [6.07, 6.45) is 1.97. The van der Waals surface area contributed by atoms with E-state index in [2.05, 4.69) is 23.8 Å². The number of nitro groups is 1. The Bertz CT molecular complexity index is 504. The molecule has 0 aromatic carbocycles. The molecule has 0 saturated carbocycles. The van der Waals surface area contributed by atoms with Crippen molar-refractivity contribution >= 4 is 23.1 Å². The highest BCUT2D eigenvalue weighted by Gasteiger charge is 2.38. The van der Waals surface area contributed by atoms with Crippen molar-refractivity contribution in [2.45, 2.75) is 39.2 Å². The average molecular weight is 271 g/mol. The molecule has 0 atom stereocenters. The van der Waals surface area contributed by atoms with Crippen LogP contribution in [0.15, 0.2) is 0 Å². The molecule has 6 nitrogen and oxygen atoms in total. The van der Waals surface area contributed by atoms with Gasteiger partial charge >= 0.3 is 5.69 Å². The lowest BCUT2D eigenvalue weighted by molar-refractivity contribution is -0.385. The lowest BCUT2D eigenvalue weighted by atomic mass is 10.0. The first kappa shape index (κ1) is 13.0. The SMILES string of the molecule is Cc1nc(Cl)nc(N2CCCC2(C)C)c1[N+](=O)[O-]. The Morgan fingerprint density at radius 1 is 1.44 bits per heavy atom. The molecule has 7 heteroatoms. The van der Waals surface area contributed by atoms with Crippen molar-refractivity contribution in [2.24, 2.45) is 0 Å². The molecule has 1 fully saturated rings. The molecule has 0 unspecified atom stereocenters. The largest absolute Gasteiger partial charge is 0.346 e. The van der Waals surface area contributed by atoms with E-state index in [1.807, 2.05) is 4.90 Å². The molecule has 1 aliphatic rings. The fourth-order valence-corrected chi connectivity index (χ4v) is 2.63. The third kappa shape index (κ3) is 2.12. The van der Waals surface area contributed by atoms with Crippen LogP contribution in [-0.4, -0.2) is 27.0 Å². The first-order chi connectivity index (χ1) is 8.33. The van der Waals surface area contributed by atoms with E-state index in [4.69, 9.17) is 11.6 Å². The molecule has 1 saturated heterocycles. The van der Waals surface area contributed by atoms with Crippen molar-refractivity contribution in [3.05, 3.63) is 21.1 Å². The summed E-state index contributed by atoms with van der Waals surface area (Å²) in [5.74, 6) is 0.333. The van der Waals surface area contributed by atoms with E-state index >= 15 is 0 Å². The second-order valence-corrected chi connectivity index (χ2v) is 5.41. The number of rotatable bonds is 2. The number of aryl methyl sites for hydroxylation is 1. The van der Waals surface area contributed by atoms with Crippen LogP contribution in [0.4, 0.5) is 11.5 Å². The third-order valence-electron chi connectivity index (χ3n) is 3.35. The van der Waals surface area contributed by atoms with Crippen molar-refractivity contribution in [3.63, 3.8) is 0 Å². The Kier molecular flexibility index (Phi) is 3.14. The van der Waals surface area contributed by atoms with Gasteiger partial charge in [-0.25, -0.2) is 4.98 Å². The number of aromatic nitrogens is 2. The molecule has 1 aromatic heterocycles. The van der Waals surface area contributed by atoms with Gasteiger partial charge in [-0.3, -0.25) is 10.1 Å². The zero-order valence-electron chi connectivity index (χ0n) is 10.6. The zero-order valence-corrected chi connectivity index (χ0v) is 11.4. The second kappa shape index (κ2) is 4.35. The first-order valence-electron chi connectivity index (χ1n) is 5.79. The van der Waals surface area contributed by atoms with Crippen LogP contribution < -0.4 is 4.90 Å². The molecule has 2 heterocycles. The number of hydrogen-bond acceptors (Lipinski definition) is 5. The molecule has 0 N–H and O–H groups in total. The lowest BCUT2D eigenvalue weighted by Gasteiger charge is -2.32. The highest BCUT2D eigenvalue weighted by molar-refractivity contribution is 6.28. The van der Waals surface area contributed by atoms with Gasteiger partial charge in [-0.15, -0.1) is 0 Å². The number of nitrogens with zero attached hydrogens (tertiary/aromatic N) is 4. The normalized spacial score (nSPS) is 18.1. The zero-order chi connectivity index (χ0) is 13.5. The Labute approximate surface area is 110 Å². The summed E-state index contributed by atoms with van der Waals surface area (Å²) in [5, 5.41) is 11.2. The maximum atomic E-state index is 11.2. The Morgan fingerprint density at radius 2 is 2.11 bits per heavy atom. The quantitative estimate of drug-likeness (QED) is 0.469. The van der Waals surface area contributed by atoms with Crippen molar-refractivity contribution < 1.29 is 4.92 Å². The van der Waals surface area contributed by atoms with Crippen molar-refractivity contribution in [3.8, 4) is 0 Å². The van der Waals surface area contributed by atoms with Crippen molar-refractivity contribution in [1.29, 1.82) is 0 Å². The van der Waals surface area contributed by atoms with Crippen LogP contribution in [0.2, 0.25) is 5.28 Å². The fourth-order valence-electron chi connectivity index (χ4n) is 2.42. The predicted octanol–water partition coefficient (Wildman–Crippen LogP) is 2.73. The van der Waals surface area contributed by atoms with Crippen LogP contribution in [0.5, 0.6) is 0 Å². The van der Waals surface area contributed by atoms with Gasteiger partial charge in [-0.05, 0) is 45.2 Å². The Balaban J connectivity index is 2.59. The first-order valence-corrected chi connectivity index (χ1v) is 6.17. The topological polar surface area (TPSA) is 72.2 Å². The smallest absolute Gasteiger partial charge is 0.332 e. The van der Waals surface area contributed by atoms with Gasteiger partial charge in [0.25, 0.3) is 0 Å². The minimum atomic E-state index is -0.435. The molecule has 0 spiro atoms. The number of anilines is 1. The molecule has 1 aliphatic heterocycles. The van der Waals surface area contributed by atoms with Gasteiger partial charge < -0.3 is 4.90 Å². The standard InChI is InChI=1S/C11H15ClN4O2/c1-7-8(16(17)18)9(14-10(12)13-7)15-6-4-5-11(15,2)3/h4-6H2,1-3H3. The van der Waals surface area contributed by atoms with Crippen LogP contribution >= 0.6 is 11.6 Å². The highest BCUT2D eigenvalue weighted by atomic mass is 35.5. The molecule has 1 aromatic rings. The van der Waals surface area contributed by atoms with E-state index < -0.39 is 4.92 Å². The summed E-state index contributed by atoms with van der Waals surface area (Å²) in [5.41, 5.74) is 0.113. The minimum Gasteiger partial charge on any atom is -0.346 e. The van der Waals surface area contributed by atoms with Crippen LogP contribution in [-0.2, 0) is 0 Å². The van der Waals surface area contributed by atoms with Gasteiger partial charge in [0.05, 0.1) is 4.92 Å². The molecular weight excluding hydrogens is 256 g/mol. The van der Waals surface area contributed by atoms with E-state index in [1.54, 1.807) is 6.92 Å². The van der Waals surface area contributed by atoms with E-state index in [9.17, 15) is 10.1 Å². The molecular formula is C11H15ClN4O2. The highest BCUT2D eigenvalue weighted by Crippen LogP contribution is 2.38. The number of hydrogen-bond donors (Lipinski definition) is 0. The van der Waals surface area contributed by atoms with Gasteiger partial charge in [-0.2, -0.15) is 4.98 Å². The van der Waals surface area contributed by atoms with E-state index in [-0.39, 0.29) is 16.5 Å². The van der Waals surface area contributed by atoms with Gasteiger partial charge in [-0.1, -0.05) is 0 Å². The second-order valence-electron chi connectivity index (χ2n) is 5.07. The summed E-state index contributed by atoms with van der Waals surface area (Å²) in [7, 11) is 0. The van der Waals surface area contributed by atoms with Gasteiger partial charge in [0, 0.05) is 12.1 Å². The third-order valence-corrected chi connectivity index (χ3v) is 3.52. The molecule has 0 radical (unpaired) electrons. The molecule has 0 aliphatic carbocycles. The molecule has 2 rings (SSSR count). The predicted molar refractivity (Wildman–Crippen MR) is 69.1 cm³/mol. The molecule has 0 amide bonds. The summed E-state index contributed by atoms with van der Waals surface area (Å²) in [4.78, 5) is 20.6. The average Bonchev–Trinajstić information content (AvgIpc) is 2.55. The Morgan fingerprint density at radius 3 is 2.61 bits per heavy atom. The van der Waals surface area contributed by atoms with Crippen molar-refractivity contribution in [1.82, 2.24) is 9.97 Å². The fraction of sp³-hybridized carbons (Fsp3) is 0.636. The van der Waals surface area contributed by atoms with Crippen LogP contribution in [0.25, 0.3) is 0 Å². The molecule has 98 valence electrons. The minimum absolute atomic E-state index is 0.0469. The Hall–Kier alpha value is -1.43. The van der Waals surface area contributed by atoms with Crippen LogP contribution in [0.3, 0.4) is 0 Å². The monoisotopic (exact) mass is 270 g/mol. The maximum absolute atomic E-state index is 11.2. The maximum Gasteiger partial charge on any atom is 0.332 e. The van der Waals surface area contributed by atoms with Gasteiger partial charge in [0.15, 0.2) is 0 Å².